The maximum absolute atomic E-state index is 14.4. The molecule has 0 radical (unpaired) electrons. The molecule has 2 amide bonds. The van der Waals surface area contributed by atoms with Crippen LogP contribution in [0.25, 0.3) is 11.1 Å². The van der Waals surface area contributed by atoms with Crippen molar-refractivity contribution in [1.29, 1.82) is 0 Å². The highest BCUT2D eigenvalue weighted by molar-refractivity contribution is 7.89. The van der Waals surface area contributed by atoms with Gasteiger partial charge in [-0.3, -0.25) is 14.2 Å². The number of sulfonamides is 1. The number of carbonyl (C=O) groups is 2. The van der Waals surface area contributed by atoms with Gasteiger partial charge in [0.1, 0.15) is 11.4 Å². The average molecular weight is 657 g/mol. The zero-order valence-electron chi connectivity index (χ0n) is 23.9. The Hall–Kier alpha value is -3.77. The number of hydrogen-bond donors (Lipinski definition) is 0. The molecule has 0 spiro atoms. The van der Waals surface area contributed by atoms with Crippen LogP contribution < -0.4 is 4.90 Å². The number of halogens is 3. The molecule has 1 fully saturated rings. The van der Waals surface area contributed by atoms with Crippen LogP contribution in [-0.4, -0.2) is 65.2 Å². The number of hydrogen-bond acceptors (Lipinski definition) is 5. The Kier molecular flexibility index (Phi) is 7.77. The molecule has 13 heteroatoms. The molecule has 3 aromatic carbocycles. The molecule has 44 heavy (non-hydrogen) atoms. The molecule has 228 valence electrons. The Balaban J connectivity index is 1.42. The number of rotatable bonds is 6. The van der Waals surface area contributed by atoms with Gasteiger partial charge in [-0.1, -0.05) is 59.6 Å². The van der Waals surface area contributed by atoms with Gasteiger partial charge in [-0.05, 0) is 53.9 Å². The van der Waals surface area contributed by atoms with Crippen molar-refractivity contribution in [3.8, 4) is 11.1 Å². The summed E-state index contributed by atoms with van der Waals surface area (Å²) in [5, 5.41) is 0.471. The third-order valence-electron chi connectivity index (χ3n) is 8.12. The molecule has 9 nitrogen and oxygen atoms in total. The molecule has 6 rings (SSSR count). The Morgan fingerprint density at radius 3 is 2.23 bits per heavy atom. The van der Waals surface area contributed by atoms with Crippen LogP contribution in [0, 0.1) is 5.82 Å². The zero-order chi connectivity index (χ0) is 31.4. The highest BCUT2D eigenvalue weighted by Crippen LogP contribution is 2.45. The molecule has 0 aliphatic carbocycles. The third kappa shape index (κ3) is 5.27. The van der Waals surface area contributed by atoms with E-state index in [4.69, 9.17) is 23.2 Å². The number of benzene rings is 3. The summed E-state index contributed by atoms with van der Waals surface area (Å²) in [6.07, 6.45) is 1.39. The standard InChI is InChI=1S/C31H28Cl2FN5O4S/c1-20(40)36-10-12-37(13-11-36)44(42,43)28-19-35-30-38(27-16-24(32)15-25(33)17-27)29(41)31(2,39(28)30)18-21-6-8-22(9-7-21)23-4-3-5-26(34)14-23/h3-9,14-17,19H,10-13,18H2,1-2H3. The molecule has 0 saturated carbocycles. The second-order valence-corrected chi connectivity index (χ2v) is 13.8. The van der Waals surface area contributed by atoms with Crippen LogP contribution in [0.5, 0.6) is 0 Å². The van der Waals surface area contributed by atoms with Gasteiger partial charge in [0, 0.05) is 49.6 Å². The average Bonchev–Trinajstić information content (AvgIpc) is 3.51. The van der Waals surface area contributed by atoms with Gasteiger partial charge in [0.05, 0.1) is 11.9 Å². The summed E-state index contributed by atoms with van der Waals surface area (Å²) >= 11 is 12.6. The van der Waals surface area contributed by atoms with Crippen molar-refractivity contribution >= 4 is 56.7 Å². The lowest BCUT2D eigenvalue weighted by molar-refractivity contribution is -0.130. The van der Waals surface area contributed by atoms with Crippen LogP contribution in [0.4, 0.5) is 16.0 Å². The van der Waals surface area contributed by atoms with E-state index in [0.29, 0.717) is 21.3 Å². The quantitative estimate of drug-likeness (QED) is 0.274. The van der Waals surface area contributed by atoms with E-state index in [9.17, 15) is 22.4 Å². The number of anilines is 2. The molecule has 1 unspecified atom stereocenters. The van der Waals surface area contributed by atoms with Crippen LogP contribution in [-0.2, 0) is 31.6 Å². The number of piperazine rings is 1. The van der Waals surface area contributed by atoms with E-state index in [0.717, 1.165) is 11.1 Å². The zero-order valence-corrected chi connectivity index (χ0v) is 26.2. The molecular weight excluding hydrogens is 628 g/mol. The molecule has 1 saturated heterocycles. The van der Waals surface area contributed by atoms with E-state index < -0.39 is 21.5 Å². The van der Waals surface area contributed by atoms with E-state index in [1.807, 2.05) is 24.3 Å². The number of imidazole rings is 1. The Bertz CT molecular complexity index is 1870. The Morgan fingerprint density at radius 2 is 1.61 bits per heavy atom. The van der Waals surface area contributed by atoms with E-state index in [1.165, 1.54) is 45.1 Å². The van der Waals surface area contributed by atoms with Crippen molar-refractivity contribution in [3.63, 3.8) is 0 Å². The van der Waals surface area contributed by atoms with Gasteiger partial charge in [-0.2, -0.15) is 4.31 Å². The molecule has 1 aromatic heterocycles. The van der Waals surface area contributed by atoms with Gasteiger partial charge in [0.2, 0.25) is 11.9 Å². The van der Waals surface area contributed by atoms with E-state index in [-0.39, 0.29) is 55.3 Å². The molecule has 2 aliphatic rings. The number of fused-ring (bicyclic) bond motifs is 1. The van der Waals surface area contributed by atoms with Crippen molar-refractivity contribution in [1.82, 2.24) is 18.8 Å². The summed E-state index contributed by atoms with van der Waals surface area (Å²) in [6, 6.07) is 18.3. The smallest absolute Gasteiger partial charge is 0.260 e. The summed E-state index contributed by atoms with van der Waals surface area (Å²) < 4.78 is 44.7. The van der Waals surface area contributed by atoms with Crippen molar-refractivity contribution in [2.24, 2.45) is 0 Å². The Labute approximate surface area is 264 Å². The lowest BCUT2D eigenvalue weighted by Gasteiger charge is -2.34. The van der Waals surface area contributed by atoms with Crippen molar-refractivity contribution in [2.75, 3.05) is 31.1 Å². The lowest BCUT2D eigenvalue weighted by Crippen LogP contribution is -2.50. The lowest BCUT2D eigenvalue weighted by atomic mass is 9.91. The second-order valence-electron chi connectivity index (χ2n) is 11.1. The number of amides is 2. The first-order valence-electron chi connectivity index (χ1n) is 13.9. The van der Waals surface area contributed by atoms with E-state index in [2.05, 4.69) is 4.98 Å². The molecule has 1 atom stereocenters. The molecule has 4 aromatic rings. The van der Waals surface area contributed by atoms with Gasteiger partial charge in [-0.25, -0.2) is 22.7 Å². The fourth-order valence-corrected chi connectivity index (χ4v) is 7.99. The molecular formula is C31H28Cl2FN5O4S. The predicted octanol–water partition coefficient (Wildman–Crippen LogP) is 5.49. The summed E-state index contributed by atoms with van der Waals surface area (Å²) in [5.41, 5.74) is 1.19. The summed E-state index contributed by atoms with van der Waals surface area (Å²) in [7, 11) is -4.12. The van der Waals surface area contributed by atoms with Crippen LogP contribution >= 0.6 is 23.2 Å². The monoisotopic (exact) mass is 655 g/mol. The minimum atomic E-state index is -4.12. The summed E-state index contributed by atoms with van der Waals surface area (Å²) in [5.74, 6) is -0.759. The molecule has 2 aliphatic heterocycles. The van der Waals surface area contributed by atoms with Crippen molar-refractivity contribution < 1.29 is 22.4 Å². The maximum Gasteiger partial charge on any atom is 0.260 e. The summed E-state index contributed by atoms with van der Waals surface area (Å²) in [6.45, 7) is 3.88. The first kappa shape index (κ1) is 30.3. The van der Waals surface area contributed by atoms with Crippen molar-refractivity contribution in [2.45, 2.75) is 30.8 Å². The fraction of sp³-hybridized carbons (Fsp3) is 0.258. The molecule has 3 heterocycles. The number of nitrogens with zero attached hydrogens (tertiary/aromatic N) is 5. The first-order valence-corrected chi connectivity index (χ1v) is 16.1. The van der Waals surface area contributed by atoms with Crippen LogP contribution in [0.2, 0.25) is 10.0 Å². The van der Waals surface area contributed by atoms with Gasteiger partial charge in [0.25, 0.3) is 15.9 Å². The van der Waals surface area contributed by atoms with E-state index in [1.54, 1.807) is 36.1 Å². The van der Waals surface area contributed by atoms with Crippen LogP contribution in [0.1, 0.15) is 19.4 Å². The minimum Gasteiger partial charge on any atom is -0.340 e. The van der Waals surface area contributed by atoms with Gasteiger partial charge in [0.15, 0.2) is 5.03 Å². The first-order chi connectivity index (χ1) is 20.9. The normalized spacial score (nSPS) is 19.0. The summed E-state index contributed by atoms with van der Waals surface area (Å²) in [4.78, 5) is 33.6. The maximum atomic E-state index is 14.4. The SMILES string of the molecule is CC(=O)N1CCN(S(=O)(=O)c2cnc3n2C(C)(Cc2ccc(-c4cccc(F)c4)cc2)C(=O)N3c2cc(Cl)cc(Cl)c2)CC1. The van der Waals surface area contributed by atoms with E-state index >= 15 is 0 Å². The van der Waals surface area contributed by atoms with Crippen LogP contribution in [0.3, 0.4) is 0 Å². The number of aromatic nitrogens is 2. The second kappa shape index (κ2) is 11.3. The third-order valence-corrected chi connectivity index (χ3v) is 10.4. The van der Waals surface area contributed by atoms with Gasteiger partial charge < -0.3 is 4.90 Å². The van der Waals surface area contributed by atoms with Gasteiger partial charge >= 0.3 is 0 Å². The number of carbonyl (C=O) groups excluding carboxylic acids is 2. The molecule has 0 bridgehead atoms. The molecule has 0 N–H and O–H groups in total. The van der Waals surface area contributed by atoms with Gasteiger partial charge in [-0.15, -0.1) is 0 Å². The predicted molar refractivity (Wildman–Crippen MR) is 166 cm³/mol. The van der Waals surface area contributed by atoms with Crippen LogP contribution in [0.15, 0.2) is 78.0 Å². The highest BCUT2D eigenvalue weighted by atomic mass is 35.5. The highest BCUT2D eigenvalue weighted by Gasteiger charge is 2.52. The fourth-order valence-electron chi connectivity index (χ4n) is 5.87. The van der Waals surface area contributed by atoms with Crippen molar-refractivity contribution in [3.05, 3.63) is 94.4 Å². The largest absolute Gasteiger partial charge is 0.340 e. The minimum absolute atomic E-state index is 0.113. The topological polar surface area (TPSA) is 95.8 Å². The Morgan fingerprint density at radius 1 is 0.955 bits per heavy atom.